The summed E-state index contributed by atoms with van der Waals surface area (Å²) in [6.45, 7) is 0.825. The molecule has 1 heterocycles. The Hall–Kier alpha value is -3.89. The highest BCUT2D eigenvalue weighted by Crippen LogP contribution is 2.34. The second-order valence-corrected chi connectivity index (χ2v) is 8.48. The lowest BCUT2D eigenvalue weighted by molar-refractivity contribution is -0.113. The topological polar surface area (TPSA) is 116 Å². The first-order valence-electron chi connectivity index (χ1n) is 10.8. The van der Waals surface area contributed by atoms with E-state index in [9.17, 15) is 14.7 Å². The SMILES string of the molecule is COCCn1c(SCC(=O)Nc2ccccc2C(=O)OC)nnc1-c1cc2ccccc2cc1O. The van der Waals surface area contributed by atoms with E-state index in [0.717, 1.165) is 10.8 Å². The molecule has 35 heavy (non-hydrogen) atoms. The standard InChI is InChI=1S/C25H24N4O5S/c1-33-12-11-29-23(19-13-16-7-3-4-8-17(16)14-21(19)30)27-28-25(29)35-15-22(31)26-20-10-6-5-9-18(20)24(32)34-2/h3-10,13-14,30H,11-12,15H2,1-2H3,(H,26,31). The third-order valence-electron chi connectivity index (χ3n) is 5.28. The van der Waals surface area contributed by atoms with Crippen molar-refractivity contribution in [3.8, 4) is 17.1 Å². The second kappa shape index (κ2) is 11.0. The molecular weight excluding hydrogens is 468 g/mol. The molecule has 180 valence electrons. The lowest BCUT2D eigenvalue weighted by Crippen LogP contribution is -2.17. The Labute approximate surface area is 206 Å². The van der Waals surface area contributed by atoms with Gasteiger partial charge in [0.05, 0.1) is 42.8 Å². The van der Waals surface area contributed by atoms with E-state index in [1.54, 1.807) is 37.4 Å². The van der Waals surface area contributed by atoms with Crippen LogP contribution in [0.1, 0.15) is 10.4 Å². The highest BCUT2D eigenvalue weighted by atomic mass is 32.2. The van der Waals surface area contributed by atoms with Crippen molar-refractivity contribution in [2.45, 2.75) is 11.7 Å². The second-order valence-electron chi connectivity index (χ2n) is 7.54. The van der Waals surface area contributed by atoms with Gasteiger partial charge in [-0.25, -0.2) is 4.79 Å². The molecule has 0 radical (unpaired) electrons. The molecule has 0 aliphatic rings. The van der Waals surface area contributed by atoms with Gasteiger partial charge in [-0.1, -0.05) is 48.2 Å². The molecule has 0 saturated carbocycles. The molecule has 1 amide bonds. The zero-order valence-corrected chi connectivity index (χ0v) is 20.0. The van der Waals surface area contributed by atoms with Gasteiger partial charge in [-0.15, -0.1) is 10.2 Å². The summed E-state index contributed by atoms with van der Waals surface area (Å²) >= 11 is 1.19. The van der Waals surface area contributed by atoms with Crippen LogP contribution in [0.25, 0.3) is 22.2 Å². The fourth-order valence-corrected chi connectivity index (χ4v) is 4.35. The lowest BCUT2D eigenvalue weighted by Gasteiger charge is -2.12. The first-order valence-corrected chi connectivity index (χ1v) is 11.7. The van der Waals surface area contributed by atoms with Gasteiger partial charge in [0.1, 0.15) is 5.75 Å². The number of ether oxygens (including phenoxy) is 2. The Morgan fingerprint density at radius 3 is 2.49 bits per heavy atom. The fraction of sp³-hybridized carbons (Fsp3) is 0.200. The molecule has 0 saturated heterocycles. The van der Waals surface area contributed by atoms with Gasteiger partial charge in [0, 0.05) is 7.11 Å². The Morgan fingerprint density at radius 1 is 1.03 bits per heavy atom. The zero-order chi connectivity index (χ0) is 24.8. The predicted octanol–water partition coefficient (Wildman–Crippen LogP) is 3.97. The van der Waals surface area contributed by atoms with E-state index in [0.29, 0.717) is 35.4 Å². The fourth-order valence-electron chi connectivity index (χ4n) is 3.58. The maximum Gasteiger partial charge on any atom is 0.339 e. The molecule has 2 N–H and O–H groups in total. The van der Waals surface area contributed by atoms with Crippen molar-refractivity contribution >= 4 is 40.1 Å². The van der Waals surface area contributed by atoms with Gasteiger partial charge >= 0.3 is 5.97 Å². The van der Waals surface area contributed by atoms with Crippen molar-refractivity contribution in [1.82, 2.24) is 14.8 Å². The number of carbonyl (C=O) groups is 2. The average molecular weight is 493 g/mol. The van der Waals surface area contributed by atoms with Crippen LogP contribution in [0.4, 0.5) is 5.69 Å². The number of anilines is 1. The number of nitrogens with zero attached hydrogens (tertiary/aromatic N) is 3. The summed E-state index contributed by atoms with van der Waals surface area (Å²) in [6.07, 6.45) is 0. The number of nitrogens with one attached hydrogen (secondary N) is 1. The Morgan fingerprint density at radius 2 is 1.74 bits per heavy atom. The molecule has 4 aromatic rings. The molecule has 4 rings (SSSR count). The third kappa shape index (κ3) is 5.44. The molecule has 1 aromatic heterocycles. The Bertz CT molecular complexity index is 1370. The summed E-state index contributed by atoms with van der Waals surface area (Å²) in [5, 5.41) is 24.3. The number of carbonyl (C=O) groups excluding carboxylic acids is 2. The number of aromatic hydroxyl groups is 1. The van der Waals surface area contributed by atoms with Crippen LogP contribution in [-0.4, -0.2) is 58.3 Å². The average Bonchev–Trinajstić information content (AvgIpc) is 3.28. The minimum absolute atomic E-state index is 0.0321. The van der Waals surface area contributed by atoms with Crippen molar-refractivity contribution < 1.29 is 24.2 Å². The van der Waals surface area contributed by atoms with E-state index in [1.165, 1.54) is 18.9 Å². The Kier molecular flexibility index (Phi) is 7.64. The van der Waals surface area contributed by atoms with Crippen LogP contribution in [0.2, 0.25) is 0 Å². The predicted molar refractivity (Wildman–Crippen MR) is 134 cm³/mol. The highest BCUT2D eigenvalue weighted by Gasteiger charge is 2.19. The number of rotatable bonds is 9. The number of esters is 1. The number of methoxy groups -OCH3 is 2. The summed E-state index contributed by atoms with van der Waals surface area (Å²) in [4.78, 5) is 24.6. The van der Waals surface area contributed by atoms with Gasteiger partial charge in [0.2, 0.25) is 5.91 Å². The lowest BCUT2D eigenvalue weighted by atomic mass is 10.1. The molecule has 0 fully saturated rings. The van der Waals surface area contributed by atoms with Gasteiger partial charge in [0.25, 0.3) is 0 Å². The van der Waals surface area contributed by atoms with Crippen molar-refractivity contribution in [2.75, 3.05) is 31.9 Å². The molecule has 3 aromatic carbocycles. The summed E-state index contributed by atoms with van der Waals surface area (Å²) < 4.78 is 11.8. The summed E-state index contributed by atoms with van der Waals surface area (Å²) in [5.41, 5.74) is 1.17. The van der Waals surface area contributed by atoms with Crippen molar-refractivity contribution in [2.24, 2.45) is 0 Å². The minimum atomic E-state index is -0.535. The maximum atomic E-state index is 12.6. The van der Waals surface area contributed by atoms with Gasteiger partial charge in [-0.3, -0.25) is 9.36 Å². The summed E-state index contributed by atoms with van der Waals surface area (Å²) in [5.74, 6) is -0.257. The smallest absolute Gasteiger partial charge is 0.339 e. The van der Waals surface area contributed by atoms with Crippen LogP contribution in [0, 0.1) is 0 Å². The van der Waals surface area contributed by atoms with Crippen LogP contribution in [0.15, 0.2) is 65.8 Å². The number of hydrogen-bond donors (Lipinski definition) is 2. The van der Waals surface area contributed by atoms with Crippen LogP contribution in [0.3, 0.4) is 0 Å². The number of phenols is 1. The number of phenolic OH excluding ortho intramolecular Hbond substituents is 1. The molecule has 0 unspecified atom stereocenters. The molecule has 0 aliphatic carbocycles. The van der Waals surface area contributed by atoms with Gasteiger partial charge in [-0.2, -0.15) is 0 Å². The van der Waals surface area contributed by atoms with Gasteiger partial charge in [-0.05, 0) is 35.0 Å². The van der Waals surface area contributed by atoms with E-state index in [2.05, 4.69) is 15.5 Å². The molecule has 9 nitrogen and oxygen atoms in total. The number of thioether (sulfide) groups is 1. The third-order valence-corrected chi connectivity index (χ3v) is 6.25. The van der Waals surface area contributed by atoms with Crippen LogP contribution < -0.4 is 5.32 Å². The summed E-state index contributed by atoms with van der Waals surface area (Å²) in [7, 11) is 2.88. The molecule has 0 bridgehead atoms. The van der Waals surface area contributed by atoms with E-state index in [1.807, 2.05) is 34.9 Å². The monoisotopic (exact) mass is 492 g/mol. The first-order chi connectivity index (χ1) is 17.0. The normalized spacial score (nSPS) is 10.9. The molecule has 0 spiro atoms. The van der Waals surface area contributed by atoms with E-state index < -0.39 is 5.97 Å². The molecule has 10 heteroatoms. The number of fused-ring (bicyclic) bond motifs is 1. The van der Waals surface area contributed by atoms with Crippen LogP contribution >= 0.6 is 11.8 Å². The number of para-hydroxylation sites is 1. The van der Waals surface area contributed by atoms with E-state index >= 15 is 0 Å². The van der Waals surface area contributed by atoms with E-state index in [4.69, 9.17) is 9.47 Å². The number of benzene rings is 3. The highest BCUT2D eigenvalue weighted by molar-refractivity contribution is 7.99. The number of hydrogen-bond acceptors (Lipinski definition) is 8. The van der Waals surface area contributed by atoms with Gasteiger partial charge in [0.15, 0.2) is 11.0 Å². The summed E-state index contributed by atoms with van der Waals surface area (Å²) in [6, 6.07) is 17.9. The Balaban J connectivity index is 1.56. The van der Waals surface area contributed by atoms with E-state index in [-0.39, 0.29) is 23.0 Å². The molecular formula is C25H24N4O5S. The van der Waals surface area contributed by atoms with Crippen molar-refractivity contribution in [1.29, 1.82) is 0 Å². The van der Waals surface area contributed by atoms with Crippen LogP contribution in [-0.2, 0) is 20.8 Å². The molecule has 0 atom stereocenters. The van der Waals surface area contributed by atoms with Gasteiger partial charge < -0.3 is 19.9 Å². The maximum absolute atomic E-state index is 12.6. The largest absolute Gasteiger partial charge is 0.507 e. The zero-order valence-electron chi connectivity index (χ0n) is 19.2. The number of amides is 1. The van der Waals surface area contributed by atoms with Crippen LogP contribution in [0.5, 0.6) is 5.75 Å². The number of aromatic nitrogens is 3. The minimum Gasteiger partial charge on any atom is -0.507 e. The first kappa shape index (κ1) is 24.2. The quantitative estimate of drug-likeness (QED) is 0.266. The molecule has 0 aliphatic heterocycles. The van der Waals surface area contributed by atoms with Crippen molar-refractivity contribution in [3.05, 3.63) is 66.2 Å². The van der Waals surface area contributed by atoms with Crippen molar-refractivity contribution in [3.63, 3.8) is 0 Å².